The Morgan fingerprint density at radius 2 is 0.469 bits per heavy atom. The molecule has 18 heteroatoms. The maximum absolute atomic E-state index is 14.0. The Hall–Kier alpha value is -3.56. The first-order valence-corrected chi connectivity index (χ1v) is 27.9. The molecular formula is C46H66N6O8S4. The molecule has 0 spiro atoms. The normalized spacial score (nSPS) is 18.6. The Balaban J connectivity index is 1.37. The van der Waals surface area contributed by atoms with Crippen LogP contribution in [0, 0.1) is 27.7 Å². The van der Waals surface area contributed by atoms with Crippen LogP contribution in [0.3, 0.4) is 0 Å². The highest BCUT2D eigenvalue weighted by molar-refractivity contribution is 7.90. The predicted octanol–water partition coefficient (Wildman–Crippen LogP) is 5.52. The molecule has 4 aromatic carbocycles. The van der Waals surface area contributed by atoms with E-state index >= 15 is 0 Å². The molecule has 1 aliphatic heterocycles. The van der Waals surface area contributed by atoms with Gasteiger partial charge in [0.25, 0.3) is 0 Å². The van der Waals surface area contributed by atoms with Crippen molar-refractivity contribution in [1.82, 2.24) is 27.9 Å². The molecule has 4 aromatic rings. The van der Waals surface area contributed by atoms with E-state index in [1.54, 1.807) is 97.1 Å². The molecule has 2 N–H and O–H groups in total. The monoisotopic (exact) mass is 958 g/mol. The van der Waals surface area contributed by atoms with Gasteiger partial charge in [0.2, 0.25) is 40.1 Å². The van der Waals surface area contributed by atoms with Gasteiger partial charge in [-0.05, 0) is 141 Å². The van der Waals surface area contributed by atoms with Crippen molar-refractivity contribution >= 4 is 40.1 Å². The van der Waals surface area contributed by atoms with E-state index in [0.717, 1.165) is 22.3 Å². The molecule has 0 saturated carbocycles. The quantitative estimate of drug-likeness (QED) is 0.229. The second-order valence-electron chi connectivity index (χ2n) is 16.5. The third-order valence-electron chi connectivity index (χ3n) is 11.3. The van der Waals surface area contributed by atoms with Gasteiger partial charge in [0, 0.05) is 52.4 Å². The molecule has 0 bridgehead atoms. The Bertz CT molecular complexity index is 2170. The predicted molar refractivity (Wildman–Crippen MR) is 253 cm³/mol. The van der Waals surface area contributed by atoms with E-state index in [1.165, 1.54) is 17.2 Å². The van der Waals surface area contributed by atoms with Crippen LogP contribution < -0.4 is 10.6 Å². The number of aryl methyl sites for hydroxylation is 4. The standard InChI is InChI=1S/C46H66N6O8S4/c1-39-11-19-43(20-12-39)61(53,54)49-31-5-27-47-28-6-33-51(63(57,58)45-23-15-41(3)16-24-45)37-10-38-52(64(59,60)46-25-17-42(4)18-26-46)34-8-30-48-29-7-32-50(36-9-35-49)62(55,56)44-21-13-40(2)14-22-44/h11-26,47-48H,5-10,27-38H2,1-4H3. The average molecular weight is 959 g/mol. The lowest BCUT2D eigenvalue weighted by Gasteiger charge is -2.26. The van der Waals surface area contributed by atoms with Crippen molar-refractivity contribution < 1.29 is 33.7 Å². The van der Waals surface area contributed by atoms with Crippen LogP contribution in [0.15, 0.2) is 117 Å². The molecule has 14 nitrogen and oxygen atoms in total. The summed E-state index contributed by atoms with van der Waals surface area (Å²) in [4.78, 5) is 0.667. The van der Waals surface area contributed by atoms with E-state index in [1.807, 2.05) is 27.7 Å². The minimum absolute atomic E-state index is 0.0994. The first-order chi connectivity index (χ1) is 30.4. The number of hydrogen-bond donors (Lipinski definition) is 2. The maximum Gasteiger partial charge on any atom is 0.243 e. The smallest absolute Gasteiger partial charge is 0.243 e. The van der Waals surface area contributed by atoms with Gasteiger partial charge in [0.05, 0.1) is 19.6 Å². The van der Waals surface area contributed by atoms with Crippen molar-refractivity contribution in [2.45, 2.75) is 85.8 Å². The van der Waals surface area contributed by atoms with Crippen molar-refractivity contribution in [1.29, 1.82) is 0 Å². The molecule has 5 rings (SSSR count). The molecule has 64 heavy (non-hydrogen) atoms. The highest BCUT2D eigenvalue weighted by Gasteiger charge is 2.29. The van der Waals surface area contributed by atoms with Crippen LogP contribution in [0.5, 0.6) is 0 Å². The molecule has 1 aliphatic rings. The number of benzene rings is 4. The topological polar surface area (TPSA) is 174 Å². The summed E-state index contributed by atoms with van der Waals surface area (Å²) in [5.41, 5.74) is 3.71. The average Bonchev–Trinajstić information content (AvgIpc) is 3.25. The zero-order valence-electron chi connectivity index (χ0n) is 37.7. The molecule has 0 radical (unpaired) electrons. The Kier molecular flexibility index (Phi) is 19.1. The fraction of sp³-hybridized carbons (Fsp3) is 0.478. The molecule has 352 valence electrons. The number of sulfonamides is 4. The highest BCUT2D eigenvalue weighted by atomic mass is 32.2. The van der Waals surface area contributed by atoms with Gasteiger partial charge in [-0.2, -0.15) is 17.2 Å². The van der Waals surface area contributed by atoms with Crippen LogP contribution in [-0.2, 0) is 40.1 Å². The van der Waals surface area contributed by atoms with Gasteiger partial charge in [0.15, 0.2) is 0 Å². The summed E-state index contributed by atoms with van der Waals surface area (Å²) < 4.78 is 118. The van der Waals surface area contributed by atoms with Gasteiger partial charge in [-0.15, -0.1) is 0 Å². The summed E-state index contributed by atoms with van der Waals surface area (Å²) in [6.07, 6.45) is 2.34. The molecule has 0 amide bonds. The van der Waals surface area contributed by atoms with Crippen LogP contribution in [-0.4, -0.2) is 129 Å². The van der Waals surface area contributed by atoms with E-state index in [2.05, 4.69) is 10.6 Å². The van der Waals surface area contributed by atoms with Gasteiger partial charge in [0.1, 0.15) is 0 Å². The molecule has 0 atom stereocenters. The molecule has 1 fully saturated rings. The Morgan fingerprint density at radius 3 is 0.656 bits per heavy atom. The Labute approximate surface area is 383 Å². The lowest BCUT2D eigenvalue weighted by atomic mass is 10.2. The van der Waals surface area contributed by atoms with Gasteiger partial charge in [-0.1, -0.05) is 70.8 Å². The van der Waals surface area contributed by atoms with Gasteiger partial charge >= 0.3 is 0 Å². The van der Waals surface area contributed by atoms with E-state index < -0.39 is 40.1 Å². The van der Waals surface area contributed by atoms with Crippen LogP contribution in [0.25, 0.3) is 0 Å². The maximum atomic E-state index is 14.0. The molecule has 1 saturated heterocycles. The number of nitrogens with one attached hydrogen (secondary N) is 2. The zero-order valence-corrected chi connectivity index (χ0v) is 40.9. The minimum atomic E-state index is -3.91. The first-order valence-electron chi connectivity index (χ1n) is 22.1. The van der Waals surface area contributed by atoms with E-state index in [9.17, 15) is 33.7 Å². The highest BCUT2D eigenvalue weighted by Crippen LogP contribution is 2.22. The van der Waals surface area contributed by atoms with Gasteiger partial charge < -0.3 is 10.6 Å². The van der Waals surface area contributed by atoms with E-state index in [0.29, 0.717) is 51.9 Å². The van der Waals surface area contributed by atoms with Crippen molar-refractivity contribution in [2.75, 3.05) is 78.5 Å². The largest absolute Gasteiger partial charge is 0.317 e. The summed E-state index contributed by atoms with van der Waals surface area (Å²) in [6.45, 7) is 10.5. The molecule has 0 unspecified atom stereocenters. The second kappa shape index (κ2) is 23.8. The molecular weight excluding hydrogens is 893 g/mol. The fourth-order valence-corrected chi connectivity index (χ4v) is 13.5. The summed E-state index contributed by atoms with van der Waals surface area (Å²) in [5.74, 6) is 0. The van der Waals surface area contributed by atoms with Crippen molar-refractivity contribution in [3.05, 3.63) is 119 Å². The van der Waals surface area contributed by atoms with Crippen LogP contribution in [0.2, 0.25) is 0 Å². The summed E-state index contributed by atoms with van der Waals surface area (Å²) in [6, 6.07) is 26.8. The lowest BCUT2D eigenvalue weighted by Crippen LogP contribution is -2.39. The summed E-state index contributed by atoms with van der Waals surface area (Å²) >= 11 is 0. The second-order valence-corrected chi connectivity index (χ2v) is 24.2. The minimum Gasteiger partial charge on any atom is -0.317 e. The van der Waals surface area contributed by atoms with Gasteiger partial charge in [-0.3, -0.25) is 0 Å². The third-order valence-corrected chi connectivity index (χ3v) is 19.0. The van der Waals surface area contributed by atoms with E-state index in [4.69, 9.17) is 0 Å². The number of rotatable bonds is 8. The van der Waals surface area contributed by atoms with Crippen molar-refractivity contribution in [3.63, 3.8) is 0 Å². The molecule has 1 heterocycles. The SMILES string of the molecule is Cc1ccc(S(=O)(=O)N2CCCNCCCN(S(=O)(=O)c3ccc(C)cc3)CCCN(S(=O)(=O)c3ccc(C)cc3)CCCNCCCN(S(=O)(=O)c3ccc(C)cc3)CCC2)cc1. The van der Waals surface area contributed by atoms with Crippen molar-refractivity contribution in [3.8, 4) is 0 Å². The zero-order chi connectivity index (χ0) is 46.4. The van der Waals surface area contributed by atoms with Crippen LogP contribution in [0.1, 0.15) is 60.8 Å². The summed E-state index contributed by atoms with van der Waals surface area (Å²) in [5, 5.41) is 6.70. The van der Waals surface area contributed by atoms with Gasteiger partial charge in [-0.25, -0.2) is 33.7 Å². The lowest BCUT2D eigenvalue weighted by molar-refractivity contribution is 0.343. The fourth-order valence-electron chi connectivity index (χ4n) is 7.46. The number of nitrogens with zero attached hydrogens (tertiary/aromatic N) is 4. The van der Waals surface area contributed by atoms with E-state index in [-0.39, 0.29) is 84.8 Å². The molecule has 0 aliphatic carbocycles. The first kappa shape index (κ1) is 51.4. The van der Waals surface area contributed by atoms with Crippen molar-refractivity contribution in [2.24, 2.45) is 0 Å². The van der Waals surface area contributed by atoms with Crippen LogP contribution in [0.4, 0.5) is 0 Å². The number of hydrogen-bond acceptors (Lipinski definition) is 10. The Morgan fingerprint density at radius 1 is 0.297 bits per heavy atom. The molecule has 0 aromatic heterocycles. The van der Waals surface area contributed by atoms with Crippen LogP contribution >= 0.6 is 0 Å². The third kappa shape index (κ3) is 14.2. The summed E-state index contributed by atoms with van der Waals surface area (Å²) in [7, 11) is -15.6.